The molecule has 29 heavy (non-hydrogen) atoms. The first-order valence-electron chi connectivity index (χ1n) is 9.71. The fraction of sp³-hybridized carbons (Fsp3) is 0.318. The van der Waals surface area contributed by atoms with Gasteiger partial charge < -0.3 is 5.32 Å². The van der Waals surface area contributed by atoms with Crippen LogP contribution in [0.25, 0.3) is 0 Å². The van der Waals surface area contributed by atoms with Gasteiger partial charge in [0.25, 0.3) is 5.91 Å². The van der Waals surface area contributed by atoms with Gasteiger partial charge in [-0.1, -0.05) is 53.3 Å². The first-order chi connectivity index (χ1) is 14.1. The van der Waals surface area contributed by atoms with Crippen LogP contribution in [0.5, 0.6) is 0 Å². The Hall–Kier alpha value is -2.64. The molecule has 1 amide bonds. The minimum Gasteiger partial charge on any atom is -0.346 e. The Kier molecular flexibility index (Phi) is 5.97. The summed E-state index contributed by atoms with van der Waals surface area (Å²) in [5.41, 5.74) is 3.37. The number of carbonyl (C=O) groups excluding carboxylic acids is 1. The van der Waals surface area contributed by atoms with Crippen molar-refractivity contribution >= 4 is 17.2 Å². The van der Waals surface area contributed by atoms with E-state index in [-0.39, 0.29) is 11.7 Å². The predicted octanol–water partition coefficient (Wildman–Crippen LogP) is 4.08. The number of nitrogens with one attached hydrogen (secondary N) is 1. The summed E-state index contributed by atoms with van der Waals surface area (Å²) in [5.74, 6) is -0.547. The fourth-order valence-electron chi connectivity index (χ4n) is 3.12. The molecule has 1 heterocycles. The highest BCUT2D eigenvalue weighted by Crippen LogP contribution is 2.30. The molecule has 7 heteroatoms. The van der Waals surface area contributed by atoms with Crippen LogP contribution < -0.4 is 5.32 Å². The first-order valence-corrected chi connectivity index (χ1v) is 10.5. The van der Waals surface area contributed by atoms with Gasteiger partial charge in [-0.15, -0.1) is 10.2 Å². The highest BCUT2D eigenvalue weighted by atomic mass is 32.1. The van der Waals surface area contributed by atoms with E-state index in [0.717, 1.165) is 17.1 Å². The number of amides is 1. The van der Waals surface area contributed by atoms with Crippen LogP contribution in [0.3, 0.4) is 0 Å². The quantitative estimate of drug-likeness (QED) is 0.608. The molecule has 0 atom stereocenters. The second-order valence-corrected chi connectivity index (χ2v) is 8.49. The van der Waals surface area contributed by atoms with Crippen molar-refractivity contribution in [2.45, 2.75) is 45.4 Å². The first kappa shape index (κ1) is 19.7. The zero-order valence-electron chi connectivity index (χ0n) is 16.3. The second kappa shape index (κ2) is 8.80. The van der Waals surface area contributed by atoms with Crippen molar-refractivity contribution in [1.82, 2.24) is 20.4 Å². The van der Waals surface area contributed by atoms with Crippen molar-refractivity contribution in [1.29, 1.82) is 0 Å². The molecule has 0 bridgehead atoms. The maximum atomic E-state index is 13.0. The van der Waals surface area contributed by atoms with Gasteiger partial charge in [-0.05, 0) is 43.0 Å². The third kappa shape index (κ3) is 5.46. The molecule has 1 fully saturated rings. The van der Waals surface area contributed by atoms with Crippen molar-refractivity contribution in [3.05, 3.63) is 81.1 Å². The van der Waals surface area contributed by atoms with Crippen molar-refractivity contribution in [2.24, 2.45) is 0 Å². The van der Waals surface area contributed by atoms with Crippen molar-refractivity contribution in [2.75, 3.05) is 0 Å². The molecule has 1 saturated carbocycles. The Morgan fingerprint density at radius 2 is 1.76 bits per heavy atom. The average molecular weight is 411 g/mol. The largest absolute Gasteiger partial charge is 0.346 e. The Morgan fingerprint density at radius 3 is 2.45 bits per heavy atom. The zero-order valence-corrected chi connectivity index (χ0v) is 17.1. The Morgan fingerprint density at radius 1 is 1.07 bits per heavy atom. The van der Waals surface area contributed by atoms with Gasteiger partial charge in [0.2, 0.25) is 5.01 Å². The van der Waals surface area contributed by atoms with Gasteiger partial charge in [-0.3, -0.25) is 9.69 Å². The van der Waals surface area contributed by atoms with Crippen molar-refractivity contribution < 1.29 is 9.18 Å². The van der Waals surface area contributed by atoms with Crippen molar-refractivity contribution in [3.8, 4) is 0 Å². The smallest absolute Gasteiger partial charge is 0.282 e. The number of hydrogen-bond donors (Lipinski definition) is 1. The highest BCUT2D eigenvalue weighted by molar-refractivity contribution is 7.13. The van der Waals surface area contributed by atoms with Gasteiger partial charge in [0.05, 0.1) is 6.54 Å². The van der Waals surface area contributed by atoms with Crippen LogP contribution in [0.4, 0.5) is 4.39 Å². The second-order valence-electron chi connectivity index (χ2n) is 7.43. The number of hydrogen-bond acceptors (Lipinski definition) is 5. The van der Waals surface area contributed by atoms with E-state index in [1.54, 1.807) is 12.1 Å². The minimum absolute atomic E-state index is 0.255. The molecular formula is C22H23FN4OS. The number of benzene rings is 2. The molecule has 4 rings (SSSR count). The minimum atomic E-state index is -0.292. The Labute approximate surface area is 173 Å². The molecule has 2 aromatic carbocycles. The normalized spacial score (nSPS) is 13.6. The lowest BCUT2D eigenvalue weighted by atomic mass is 10.1. The number of nitrogens with zero attached hydrogens (tertiary/aromatic N) is 3. The van der Waals surface area contributed by atoms with E-state index in [2.05, 4.69) is 51.6 Å². The Balaban J connectivity index is 1.35. The molecule has 0 unspecified atom stereocenters. The number of aryl methyl sites for hydroxylation is 1. The lowest BCUT2D eigenvalue weighted by Crippen LogP contribution is -2.25. The van der Waals surface area contributed by atoms with Crippen LogP contribution in [0, 0.1) is 12.7 Å². The van der Waals surface area contributed by atoms with E-state index >= 15 is 0 Å². The van der Waals surface area contributed by atoms with E-state index in [9.17, 15) is 9.18 Å². The van der Waals surface area contributed by atoms with E-state index < -0.39 is 0 Å². The topological polar surface area (TPSA) is 58.1 Å². The molecule has 1 N–H and O–H groups in total. The number of carbonyl (C=O) groups is 1. The zero-order chi connectivity index (χ0) is 20.2. The van der Waals surface area contributed by atoms with E-state index in [1.807, 2.05) is 0 Å². The van der Waals surface area contributed by atoms with Crippen LogP contribution in [0.15, 0.2) is 48.5 Å². The lowest BCUT2D eigenvalue weighted by molar-refractivity contribution is 0.0950. The third-order valence-corrected chi connectivity index (χ3v) is 5.84. The van der Waals surface area contributed by atoms with Crippen LogP contribution in [0.1, 0.15) is 44.3 Å². The van der Waals surface area contributed by atoms with Crippen LogP contribution in [0.2, 0.25) is 0 Å². The predicted molar refractivity (Wildman–Crippen MR) is 111 cm³/mol. The summed E-state index contributed by atoms with van der Waals surface area (Å²) < 4.78 is 13.0. The summed E-state index contributed by atoms with van der Waals surface area (Å²) in [6.45, 7) is 3.99. The summed E-state index contributed by atoms with van der Waals surface area (Å²) in [6, 6.07) is 15.2. The summed E-state index contributed by atoms with van der Waals surface area (Å²) >= 11 is 1.33. The third-order valence-electron chi connectivity index (χ3n) is 4.94. The van der Waals surface area contributed by atoms with E-state index in [4.69, 9.17) is 0 Å². The van der Waals surface area contributed by atoms with E-state index in [0.29, 0.717) is 24.1 Å². The highest BCUT2D eigenvalue weighted by Gasteiger charge is 2.30. The summed E-state index contributed by atoms with van der Waals surface area (Å²) in [5, 5.41) is 12.3. The van der Waals surface area contributed by atoms with Gasteiger partial charge in [0.15, 0.2) is 0 Å². The van der Waals surface area contributed by atoms with Crippen LogP contribution in [-0.2, 0) is 19.6 Å². The summed E-state index contributed by atoms with van der Waals surface area (Å²) in [4.78, 5) is 14.8. The summed E-state index contributed by atoms with van der Waals surface area (Å²) in [7, 11) is 0. The van der Waals surface area contributed by atoms with Crippen molar-refractivity contribution in [3.63, 3.8) is 0 Å². The Bertz CT molecular complexity index is 967. The molecule has 0 aliphatic heterocycles. The van der Waals surface area contributed by atoms with E-state index in [1.165, 1.54) is 47.4 Å². The molecule has 150 valence electrons. The van der Waals surface area contributed by atoms with Gasteiger partial charge in [0, 0.05) is 19.1 Å². The molecular weight excluding hydrogens is 387 g/mol. The van der Waals surface area contributed by atoms with Crippen LogP contribution >= 0.6 is 11.3 Å². The molecule has 5 nitrogen and oxygen atoms in total. The number of aromatic nitrogens is 2. The van der Waals surface area contributed by atoms with Crippen LogP contribution in [-0.4, -0.2) is 27.0 Å². The maximum Gasteiger partial charge on any atom is 0.282 e. The molecule has 0 radical (unpaired) electrons. The number of rotatable bonds is 8. The molecule has 1 aromatic heterocycles. The SMILES string of the molecule is Cc1ccc(CN(Cc2nnc(C(=O)NCc3ccc(F)cc3)s2)C2CC2)cc1. The summed E-state index contributed by atoms with van der Waals surface area (Å²) in [6.07, 6.45) is 2.41. The lowest BCUT2D eigenvalue weighted by Gasteiger charge is -2.20. The monoisotopic (exact) mass is 410 g/mol. The molecule has 1 aliphatic carbocycles. The van der Waals surface area contributed by atoms with Gasteiger partial charge in [0.1, 0.15) is 10.8 Å². The number of halogens is 1. The maximum absolute atomic E-state index is 13.0. The fourth-order valence-corrected chi connectivity index (χ4v) is 3.91. The molecule has 0 saturated heterocycles. The van der Waals surface area contributed by atoms with Gasteiger partial charge >= 0.3 is 0 Å². The molecule has 1 aliphatic rings. The average Bonchev–Trinajstić information content (AvgIpc) is 3.47. The molecule has 3 aromatic rings. The van der Waals surface area contributed by atoms with Gasteiger partial charge in [-0.2, -0.15) is 0 Å². The standard InChI is InChI=1S/C22H23FN4OS/c1-15-2-4-17(5-3-15)13-27(19-10-11-19)14-20-25-26-22(29-20)21(28)24-12-16-6-8-18(23)9-7-16/h2-9,19H,10-14H2,1H3,(H,24,28). The molecule has 0 spiro atoms. The van der Waals surface area contributed by atoms with Gasteiger partial charge in [-0.25, -0.2) is 4.39 Å².